The van der Waals surface area contributed by atoms with Gasteiger partial charge in [-0.2, -0.15) is 5.10 Å². The maximum Gasteiger partial charge on any atom is 0.229 e. The van der Waals surface area contributed by atoms with Crippen LogP contribution in [0.2, 0.25) is 0 Å². The van der Waals surface area contributed by atoms with Crippen molar-refractivity contribution in [2.45, 2.75) is 25.8 Å². The van der Waals surface area contributed by atoms with Crippen LogP contribution in [0.5, 0.6) is 5.75 Å². The number of hydrogen-bond acceptors (Lipinski definition) is 6. The number of nitrogens with zero attached hydrogens (tertiary/aromatic N) is 3. The molecule has 0 saturated heterocycles. The third kappa shape index (κ3) is 3.43. The molecule has 3 rings (SSSR count). The molecule has 0 saturated carbocycles. The SMILES string of the molecule is CCn1ncnc1C1CC(=O)Nc2cc(OC)c(NS(C)(=O)=O)cc21. The Morgan fingerprint density at radius 1 is 1.44 bits per heavy atom. The van der Waals surface area contributed by atoms with Gasteiger partial charge in [-0.25, -0.2) is 18.1 Å². The number of amides is 1. The molecule has 2 heterocycles. The van der Waals surface area contributed by atoms with E-state index in [1.165, 1.54) is 13.4 Å². The quantitative estimate of drug-likeness (QED) is 0.821. The third-order valence-electron chi connectivity index (χ3n) is 3.96. The molecular formula is C15H19N5O4S. The summed E-state index contributed by atoms with van der Waals surface area (Å²) in [5, 5.41) is 6.96. The molecule has 1 atom stereocenters. The van der Waals surface area contributed by atoms with Crippen molar-refractivity contribution in [3.63, 3.8) is 0 Å². The van der Waals surface area contributed by atoms with Gasteiger partial charge in [0.05, 0.1) is 25.0 Å². The summed E-state index contributed by atoms with van der Waals surface area (Å²) in [6, 6.07) is 3.29. The monoisotopic (exact) mass is 365 g/mol. The molecule has 2 N–H and O–H groups in total. The number of carbonyl (C=O) groups excluding carboxylic acids is 1. The van der Waals surface area contributed by atoms with E-state index in [9.17, 15) is 13.2 Å². The molecule has 1 aromatic heterocycles. The fourth-order valence-electron chi connectivity index (χ4n) is 2.96. The number of ether oxygens (including phenoxy) is 1. The van der Waals surface area contributed by atoms with Crippen molar-refractivity contribution in [3.8, 4) is 5.75 Å². The number of nitrogens with one attached hydrogen (secondary N) is 2. The van der Waals surface area contributed by atoms with E-state index < -0.39 is 10.0 Å². The molecule has 0 radical (unpaired) electrons. The van der Waals surface area contributed by atoms with Gasteiger partial charge in [-0.05, 0) is 18.6 Å². The Hall–Kier alpha value is -2.62. The predicted molar refractivity (Wildman–Crippen MR) is 92.2 cm³/mol. The van der Waals surface area contributed by atoms with Gasteiger partial charge in [0.2, 0.25) is 15.9 Å². The van der Waals surface area contributed by atoms with Crippen LogP contribution in [0.3, 0.4) is 0 Å². The molecule has 134 valence electrons. The second-order valence-corrected chi connectivity index (χ2v) is 7.50. The van der Waals surface area contributed by atoms with E-state index in [1.807, 2.05) is 6.92 Å². The van der Waals surface area contributed by atoms with Crippen molar-refractivity contribution in [3.05, 3.63) is 29.8 Å². The summed E-state index contributed by atoms with van der Waals surface area (Å²) in [7, 11) is -2.05. The summed E-state index contributed by atoms with van der Waals surface area (Å²) in [5.41, 5.74) is 1.64. The minimum absolute atomic E-state index is 0.144. The summed E-state index contributed by atoms with van der Waals surface area (Å²) < 4.78 is 32.7. The van der Waals surface area contributed by atoms with Crippen molar-refractivity contribution in [1.29, 1.82) is 0 Å². The lowest BCUT2D eigenvalue weighted by molar-refractivity contribution is -0.116. The zero-order valence-electron chi connectivity index (χ0n) is 14.1. The number of fused-ring (bicyclic) bond motifs is 1. The van der Waals surface area contributed by atoms with Crippen LogP contribution in [0.4, 0.5) is 11.4 Å². The number of aromatic nitrogens is 3. The number of hydrogen-bond donors (Lipinski definition) is 2. The van der Waals surface area contributed by atoms with E-state index in [0.717, 1.165) is 11.8 Å². The molecule has 10 heteroatoms. The van der Waals surface area contributed by atoms with E-state index in [-0.39, 0.29) is 18.2 Å². The molecule has 0 aliphatic carbocycles. The molecule has 1 aliphatic heterocycles. The van der Waals surface area contributed by atoms with Crippen LogP contribution in [0.25, 0.3) is 0 Å². The average molecular weight is 365 g/mol. The number of rotatable bonds is 5. The molecule has 2 aromatic rings. The van der Waals surface area contributed by atoms with E-state index >= 15 is 0 Å². The minimum Gasteiger partial charge on any atom is -0.494 e. The highest BCUT2D eigenvalue weighted by atomic mass is 32.2. The van der Waals surface area contributed by atoms with Crippen LogP contribution >= 0.6 is 0 Å². The summed E-state index contributed by atoms with van der Waals surface area (Å²) in [4.78, 5) is 16.4. The van der Waals surface area contributed by atoms with E-state index in [4.69, 9.17) is 4.74 Å². The maximum atomic E-state index is 12.1. The summed E-state index contributed by atoms with van der Waals surface area (Å²) >= 11 is 0. The summed E-state index contributed by atoms with van der Waals surface area (Å²) in [6.07, 6.45) is 2.72. The molecule has 0 bridgehead atoms. The standard InChI is InChI=1S/C15H19N5O4S/c1-4-20-15(16-8-17-20)10-6-14(21)18-11-7-13(24-2)12(5-9(10)11)19-25(3,22)23/h5,7-8,10,19H,4,6H2,1-3H3,(H,18,21). The van der Waals surface area contributed by atoms with E-state index in [0.29, 0.717) is 29.5 Å². The van der Waals surface area contributed by atoms with Crippen LogP contribution in [0, 0.1) is 0 Å². The van der Waals surface area contributed by atoms with Crippen LogP contribution < -0.4 is 14.8 Å². The highest BCUT2D eigenvalue weighted by Crippen LogP contribution is 2.41. The fraction of sp³-hybridized carbons (Fsp3) is 0.400. The number of aryl methyl sites for hydroxylation is 1. The van der Waals surface area contributed by atoms with Gasteiger partial charge in [-0.15, -0.1) is 0 Å². The van der Waals surface area contributed by atoms with E-state index in [1.54, 1.807) is 16.8 Å². The Morgan fingerprint density at radius 2 is 2.20 bits per heavy atom. The largest absolute Gasteiger partial charge is 0.494 e. The second kappa shape index (κ2) is 6.36. The lowest BCUT2D eigenvalue weighted by Crippen LogP contribution is -2.26. The lowest BCUT2D eigenvalue weighted by atomic mass is 9.89. The molecule has 1 unspecified atom stereocenters. The van der Waals surface area contributed by atoms with Crippen molar-refractivity contribution >= 4 is 27.3 Å². The Morgan fingerprint density at radius 3 is 2.84 bits per heavy atom. The van der Waals surface area contributed by atoms with Gasteiger partial charge >= 0.3 is 0 Å². The first-order valence-electron chi connectivity index (χ1n) is 7.69. The average Bonchev–Trinajstić information content (AvgIpc) is 3.00. The van der Waals surface area contributed by atoms with Gasteiger partial charge in [0.1, 0.15) is 17.9 Å². The van der Waals surface area contributed by atoms with Gasteiger partial charge in [0.25, 0.3) is 0 Å². The number of methoxy groups -OCH3 is 1. The van der Waals surface area contributed by atoms with Crippen molar-refractivity contribution in [2.75, 3.05) is 23.4 Å². The number of sulfonamides is 1. The normalized spacial score (nSPS) is 16.9. The van der Waals surface area contributed by atoms with Crippen LogP contribution in [0.15, 0.2) is 18.5 Å². The van der Waals surface area contributed by atoms with Crippen molar-refractivity contribution in [2.24, 2.45) is 0 Å². The number of anilines is 2. The second-order valence-electron chi connectivity index (χ2n) is 5.75. The Balaban J connectivity index is 2.15. The topological polar surface area (TPSA) is 115 Å². The Bertz CT molecular complexity index is 922. The van der Waals surface area contributed by atoms with Gasteiger partial charge in [-0.1, -0.05) is 0 Å². The molecule has 1 aliphatic rings. The summed E-state index contributed by atoms with van der Waals surface area (Å²) in [6.45, 7) is 2.56. The number of benzene rings is 1. The molecule has 9 nitrogen and oxygen atoms in total. The molecule has 1 aromatic carbocycles. The highest BCUT2D eigenvalue weighted by Gasteiger charge is 2.31. The first-order valence-corrected chi connectivity index (χ1v) is 9.58. The van der Waals surface area contributed by atoms with Gasteiger partial charge in [0, 0.05) is 24.7 Å². The minimum atomic E-state index is -3.48. The molecule has 0 fully saturated rings. The first kappa shape index (κ1) is 17.2. The van der Waals surface area contributed by atoms with Gasteiger partial charge < -0.3 is 10.1 Å². The highest BCUT2D eigenvalue weighted by molar-refractivity contribution is 7.92. The van der Waals surface area contributed by atoms with Crippen molar-refractivity contribution < 1.29 is 17.9 Å². The molecular weight excluding hydrogens is 346 g/mol. The lowest BCUT2D eigenvalue weighted by Gasteiger charge is -2.27. The smallest absolute Gasteiger partial charge is 0.229 e. The first-order chi connectivity index (χ1) is 11.8. The van der Waals surface area contributed by atoms with E-state index in [2.05, 4.69) is 20.1 Å². The zero-order chi connectivity index (χ0) is 18.2. The molecule has 0 spiro atoms. The zero-order valence-corrected chi connectivity index (χ0v) is 14.9. The van der Waals surface area contributed by atoms with Crippen LogP contribution in [-0.2, 0) is 21.4 Å². The summed E-state index contributed by atoms with van der Waals surface area (Å²) in [5.74, 6) is 0.516. The Labute approximate surface area is 145 Å². The fourth-order valence-corrected chi connectivity index (χ4v) is 3.51. The predicted octanol–water partition coefficient (Wildman–Crippen LogP) is 1.15. The maximum absolute atomic E-state index is 12.1. The molecule has 25 heavy (non-hydrogen) atoms. The molecule has 1 amide bonds. The van der Waals surface area contributed by atoms with Crippen LogP contribution in [0.1, 0.15) is 30.7 Å². The van der Waals surface area contributed by atoms with Crippen molar-refractivity contribution in [1.82, 2.24) is 14.8 Å². The Kier molecular flexibility index (Phi) is 4.38. The third-order valence-corrected chi connectivity index (χ3v) is 4.55. The van der Waals surface area contributed by atoms with Gasteiger partial charge in [-0.3, -0.25) is 9.52 Å². The number of carbonyl (C=O) groups is 1. The van der Waals surface area contributed by atoms with Gasteiger partial charge in [0.15, 0.2) is 0 Å². The van der Waals surface area contributed by atoms with Crippen LogP contribution in [-0.4, -0.2) is 42.5 Å².